The van der Waals surface area contributed by atoms with Crippen molar-refractivity contribution in [1.82, 2.24) is 0 Å². The molecule has 0 aliphatic carbocycles. The van der Waals surface area contributed by atoms with Crippen LogP contribution in [0, 0.1) is 35.8 Å². The average molecular weight is 513 g/mol. The summed E-state index contributed by atoms with van der Waals surface area (Å²) in [6, 6.07) is 41.2. The molecule has 0 aliphatic heterocycles. The molecule has 6 heteroatoms. The fourth-order valence-corrected chi connectivity index (χ4v) is 4.61. The molecule has 0 radical (unpaired) electrons. The summed E-state index contributed by atoms with van der Waals surface area (Å²) in [7, 11) is 0. The van der Waals surface area contributed by atoms with Crippen molar-refractivity contribution >= 4 is 45.5 Å². The van der Waals surface area contributed by atoms with E-state index < -0.39 is 0 Å². The van der Waals surface area contributed by atoms with Crippen LogP contribution in [0.2, 0.25) is 0 Å². The molecule has 0 saturated carbocycles. The van der Waals surface area contributed by atoms with E-state index >= 15 is 0 Å². The molecule has 186 valence electrons. The summed E-state index contributed by atoms with van der Waals surface area (Å²) in [5.41, 5.74) is 5.71. The molecule has 0 aliphatic rings. The molecule has 5 aromatic carbocycles. The lowest BCUT2D eigenvalue weighted by molar-refractivity contribution is 1.24. The van der Waals surface area contributed by atoms with E-state index in [2.05, 4.69) is 21.8 Å². The number of rotatable bonds is 6. The van der Waals surface area contributed by atoms with Gasteiger partial charge >= 0.3 is 0 Å². The Hall–Kier alpha value is -6.34. The Morgan fingerprint density at radius 2 is 0.850 bits per heavy atom. The lowest BCUT2D eigenvalue weighted by Gasteiger charge is -2.31. The third-order valence-corrected chi connectivity index (χ3v) is 6.36. The first-order valence-corrected chi connectivity index (χ1v) is 12.3. The molecule has 5 aromatic rings. The van der Waals surface area contributed by atoms with E-state index in [1.54, 1.807) is 36.4 Å². The molecule has 0 N–H and O–H groups in total. The van der Waals surface area contributed by atoms with Crippen LogP contribution in [0.25, 0.3) is 9.69 Å². The fraction of sp³-hybridized carbons (Fsp3) is 0. The molecule has 0 unspecified atom stereocenters. The van der Waals surface area contributed by atoms with Gasteiger partial charge in [-0.05, 0) is 54.6 Å². The van der Waals surface area contributed by atoms with Crippen molar-refractivity contribution in [3.8, 4) is 12.1 Å². The maximum atomic E-state index is 9.94. The lowest BCUT2D eigenvalue weighted by atomic mass is 10.1. The molecule has 0 aromatic heterocycles. The molecule has 0 spiro atoms. The van der Waals surface area contributed by atoms with E-state index in [0.717, 1.165) is 0 Å². The Balaban J connectivity index is 1.79. The van der Waals surface area contributed by atoms with Crippen LogP contribution < -0.4 is 9.80 Å². The van der Waals surface area contributed by atoms with E-state index in [-0.39, 0.29) is 0 Å². The standard InChI is InChI=1S/C34H20N6/c1-37-29-16-5-9-20-33(29)39(31-18-7-3-12-25(31)23-35)27-14-11-15-28(22-27)40(32-19-8-4-13-26(32)24-36)34-21-10-6-17-30(34)38-2/h3-22H. The maximum Gasteiger partial charge on any atom is 0.210 e. The van der Waals surface area contributed by atoms with Gasteiger partial charge < -0.3 is 9.80 Å². The molecule has 5 rings (SSSR count). The second-order valence-corrected chi connectivity index (χ2v) is 8.65. The van der Waals surface area contributed by atoms with Gasteiger partial charge in [0.15, 0.2) is 0 Å². The average Bonchev–Trinajstić information content (AvgIpc) is 3.02. The van der Waals surface area contributed by atoms with Crippen molar-refractivity contribution in [1.29, 1.82) is 10.5 Å². The molecular weight excluding hydrogens is 492 g/mol. The molecule has 0 amide bonds. The van der Waals surface area contributed by atoms with Gasteiger partial charge in [-0.3, -0.25) is 0 Å². The lowest BCUT2D eigenvalue weighted by Crippen LogP contribution is -2.14. The molecule has 40 heavy (non-hydrogen) atoms. The Bertz CT molecular complexity index is 1630. The SMILES string of the molecule is [C-]#[N+]c1ccccc1N(c1cccc(N(c2ccccc2C#N)c2ccccc2[N+]#[C-])c1)c1ccccc1C#N. The zero-order valence-corrected chi connectivity index (χ0v) is 21.2. The van der Waals surface area contributed by atoms with Crippen LogP contribution in [0.1, 0.15) is 11.1 Å². The second kappa shape index (κ2) is 11.4. The summed E-state index contributed by atoms with van der Waals surface area (Å²) in [5, 5.41) is 19.9. The van der Waals surface area contributed by atoms with Crippen LogP contribution in [0.4, 0.5) is 45.5 Å². The highest BCUT2D eigenvalue weighted by molar-refractivity contribution is 5.91. The van der Waals surface area contributed by atoms with Gasteiger partial charge in [-0.25, -0.2) is 9.69 Å². The van der Waals surface area contributed by atoms with Gasteiger partial charge in [-0.1, -0.05) is 66.7 Å². The van der Waals surface area contributed by atoms with Crippen molar-refractivity contribution in [2.45, 2.75) is 0 Å². The highest BCUT2D eigenvalue weighted by Gasteiger charge is 2.22. The quantitative estimate of drug-likeness (QED) is 0.213. The Kier molecular flexibility index (Phi) is 7.20. The molecule has 0 fully saturated rings. The van der Waals surface area contributed by atoms with Crippen LogP contribution in [-0.2, 0) is 0 Å². The first-order chi connectivity index (χ1) is 19.7. The smallest absolute Gasteiger partial charge is 0.210 e. The van der Waals surface area contributed by atoms with Crippen LogP contribution in [0.5, 0.6) is 0 Å². The normalized spacial score (nSPS) is 9.90. The first-order valence-electron chi connectivity index (χ1n) is 12.3. The summed E-state index contributed by atoms with van der Waals surface area (Å²) < 4.78 is 0. The first kappa shape index (κ1) is 25.3. The number of hydrogen-bond donors (Lipinski definition) is 0. The third kappa shape index (κ3) is 4.69. The zero-order chi connectivity index (χ0) is 27.9. The van der Waals surface area contributed by atoms with Crippen LogP contribution >= 0.6 is 0 Å². The van der Waals surface area contributed by atoms with E-state index in [4.69, 9.17) is 13.1 Å². The van der Waals surface area contributed by atoms with Gasteiger partial charge in [0.1, 0.15) is 12.1 Å². The summed E-state index contributed by atoms with van der Waals surface area (Å²) >= 11 is 0. The number of nitrogens with zero attached hydrogens (tertiary/aromatic N) is 6. The summed E-state index contributed by atoms with van der Waals surface area (Å²) in [6.45, 7) is 15.6. The van der Waals surface area contributed by atoms with Gasteiger partial charge in [0.05, 0.1) is 47.0 Å². The largest absolute Gasteiger partial charge is 0.319 e. The van der Waals surface area contributed by atoms with Crippen molar-refractivity contribution in [2.24, 2.45) is 0 Å². The van der Waals surface area contributed by atoms with Gasteiger partial charge in [-0.2, -0.15) is 10.5 Å². The van der Waals surface area contributed by atoms with Gasteiger partial charge in [-0.15, -0.1) is 0 Å². The second-order valence-electron chi connectivity index (χ2n) is 8.65. The fourth-order valence-electron chi connectivity index (χ4n) is 4.61. The Morgan fingerprint density at radius 3 is 1.25 bits per heavy atom. The van der Waals surface area contributed by atoms with Gasteiger partial charge in [0.2, 0.25) is 11.4 Å². The predicted molar refractivity (Wildman–Crippen MR) is 158 cm³/mol. The van der Waals surface area contributed by atoms with Crippen molar-refractivity contribution in [2.75, 3.05) is 9.80 Å². The van der Waals surface area contributed by atoms with E-state index in [0.29, 0.717) is 56.6 Å². The Morgan fingerprint density at radius 1 is 0.475 bits per heavy atom. The van der Waals surface area contributed by atoms with Gasteiger partial charge in [0, 0.05) is 11.4 Å². The molecule has 0 bridgehead atoms. The van der Waals surface area contributed by atoms with Crippen LogP contribution in [-0.4, -0.2) is 0 Å². The van der Waals surface area contributed by atoms with E-state index in [9.17, 15) is 10.5 Å². The predicted octanol–water partition coefficient (Wildman–Crippen LogP) is 9.47. The summed E-state index contributed by atoms with van der Waals surface area (Å²) in [4.78, 5) is 11.3. The van der Waals surface area contributed by atoms with E-state index in [1.807, 2.05) is 94.7 Å². The van der Waals surface area contributed by atoms with Crippen LogP contribution in [0.3, 0.4) is 0 Å². The highest BCUT2D eigenvalue weighted by Crippen LogP contribution is 2.46. The van der Waals surface area contributed by atoms with Gasteiger partial charge in [0.25, 0.3) is 0 Å². The minimum absolute atomic E-state index is 0.436. The van der Waals surface area contributed by atoms with Crippen LogP contribution in [0.15, 0.2) is 121 Å². The Labute approximate surface area is 233 Å². The minimum atomic E-state index is 0.436. The number of para-hydroxylation sites is 6. The molecule has 6 nitrogen and oxygen atoms in total. The maximum absolute atomic E-state index is 9.94. The number of nitriles is 2. The molecular formula is C34H20N6. The monoisotopic (exact) mass is 512 g/mol. The number of hydrogen-bond acceptors (Lipinski definition) is 4. The van der Waals surface area contributed by atoms with Crippen molar-refractivity contribution in [3.05, 3.63) is 155 Å². The van der Waals surface area contributed by atoms with Crippen molar-refractivity contribution in [3.63, 3.8) is 0 Å². The topological polar surface area (TPSA) is 62.8 Å². The molecule has 0 atom stereocenters. The van der Waals surface area contributed by atoms with E-state index in [1.165, 1.54) is 0 Å². The molecule has 0 saturated heterocycles. The summed E-state index contributed by atoms with van der Waals surface area (Å²) in [5.74, 6) is 0. The zero-order valence-electron chi connectivity index (χ0n) is 21.2. The summed E-state index contributed by atoms with van der Waals surface area (Å²) in [6.07, 6.45) is 0. The third-order valence-electron chi connectivity index (χ3n) is 6.36. The molecule has 0 heterocycles. The minimum Gasteiger partial charge on any atom is -0.319 e. The number of anilines is 6. The highest BCUT2D eigenvalue weighted by atomic mass is 15.2. The number of benzene rings is 5. The van der Waals surface area contributed by atoms with Crippen molar-refractivity contribution < 1.29 is 0 Å².